The Kier molecular flexibility index (Phi) is 2.92. The van der Waals surface area contributed by atoms with Gasteiger partial charge in [0.05, 0.1) is 0 Å². The molecule has 0 saturated carbocycles. The van der Waals surface area contributed by atoms with Crippen LogP contribution in [0.5, 0.6) is 11.5 Å². The van der Waals surface area contributed by atoms with Crippen molar-refractivity contribution in [1.82, 2.24) is 0 Å². The summed E-state index contributed by atoms with van der Waals surface area (Å²) in [6, 6.07) is 7.38. The summed E-state index contributed by atoms with van der Waals surface area (Å²) in [5.41, 5.74) is 1.20. The van der Waals surface area contributed by atoms with Crippen LogP contribution in [0.15, 0.2) is 35.9 Å². The first-order chi connectivity index (χ1) is 7.89. The Hall–Kier alpha value is -1.05. The van der Waals surface area contributed by atoms with E-state index in [1.807, 2.05) is 37.9 Å². The Morgan fingerprint density at radius 2 is 2.00 bits per heavy atom. The molecule has 0 unspecified atom stereocenters. The van der Waals surface area contributed by atoms with Crippen LogP contribution >= 0.6 is 7.06 Å². The Balaban J connectivity index is 2.20. The second kappa shape index (κ2) is 4.01. The molecule has 3 nitrogen and oxygen atoms in total. The summed E-state index contributed by atoms with van der Waals surface area (Å²) in [7, 11) is -1.43. The van der Waals surface area contributed by atoms with E-state index in [0.29, 0.717) is 18.1 Å². The molecule has 0 aromatic heterocycles. The van der Waals surface area contributed by atoms with Crippen LogP contribution in [0.25, 0.3) is 0 Å². The van der Waals surface area contributed by atoms with Gasteiger partial charge in [-0.25, -0.2) is 0 Å². The van der Waals surface area contributed by atoms with E-state index in [-0.39, 0.29) is 0 Å². The molecule has 0 radical (unpaired) electrons. The van der Waals surface area contributed by atoms with Crippen molar-refractivity contribution < 1.29 is 14.2 Å². The van der Waals surface area contributed by atoms with Crippen molar-refractivity contribution in [1.29, 1.82) is 0 Å². The molecule has 17 heavy (non-hydrogen) atoms. The standard InChI is InChI=1S/C13H19O3P/c1-11-7-8-17(3,14,10-11)16-13-6-4-5-12(9-13)15-2/h4-7,9,14H,8,10H2,1-3H3. The molecule has 0 saturated heterocycles. The van der Waals surface area contributed by atoms with Crippen LogP contribution in [-0.2, 0) is 0 Å². The summed E-state index contributed by atoms with van der Waals surface area (Å²) in [6.07, 6.45) is 3.36. The van der Waals surface area contributed by atoms with Crippen molar-refractivity contribution in [2.75, 3.05) is 26.1 Å². The van der Waals surface area contributed by atoms with Gasteiger partial charge in [-0.1, -0.05) is 0 Å². The first-order valence-electron chi connectivity index (χ1n) is 5.65. The van der Waals surface area contributed by atoms with Crippen LogP contribution in [0, 0.1) is 0 Å². The molecule has 1 aromatic rings. The summed E-state index contributed by atoms with van der Waals surface area (Å²) in [5.74, 6) is 1.42. The van der Waals surface area contributed by atoms with Gasteiger partial charge in [-0.3, -0.25) is 0 Å². The van der Waals surface area contributed by atoms with Gasteiger partial charge in [0.1, 0.15) is 0 Å². The predicted molar refractivity (Wildman–Crippen MR) is 72.2 cm³/mol. The average molecular weight is 254 g/mol. The van der Waals surface area contributed by atoms with E-state index in [1.54, 1.807) is 7.11 Å². The summed E-state index contributed by atoms with van der Waals surface area (Å²) in [5, 5.41) is 0. The summed E-state index contributed by atoms with van der Waals surface area (Å²) in [6.45, 7) is 3.89. The van der Waals surface area contributed by atoms with E-state index < -0.39 is 7.06 Å². The van der Waals surface area contributed by atoms with Crippen LogP contribution in [0.1, 0.15) is 6.92 Å². The Bertz CT molecular complexity index is 465. The molecule has 0 aliphatic carbocycles. The van der Waals surface area contributed by atoms with Gasteiger partial charge in [0.25, 0.3) is 0 Å². The minimum absolute atomic E-state index is 0.634. The van der Waals surface area contributed by atoms with Crippen LogP contribution in [0.2, 0.25) is 0 Å². The molecule has 1 aromatic carbocycles. The van der Waals surface area contributed by atoms with Gasteiger partial charge in [-0.05, 0) is 0 Å². The first-order valence-corrected chi connectivity index (χ1v) is 8.58. The van der Waals surface area contributed by atoms with E-state index in [0.717, 1.165) is 5.75 Å². The monoisotopic (exact) mass is 254 g/mol. The topological polar surface area (TPSA) is 38.7 Å². The third kappa shape index (κ3) is 2.80. The van der Waals surface area contributed by atoms with Gasteiger partial charge in [-0.15, -0.1) is 0 Å². The van der Waals surface area contributed by atoms with Gasteiger partial charge in [0.15, 0.2) is 0 Å². The normalized spacial score (nSPS) is 23.3. The fraction of sp³-hybridized carbons (Fsp3) is 0.385. The van der Waals surface area contributed by atoms with Crippen molar-refractivity contribution in [2.24, 2.45) is 0 Å². The molecule has 0 atom stereocenters. The van der Waals surface area contributed by atoms with E-state index in [1.165, 1.54) is 5.57 Å². The minimum atomic E-state index is -3.05. The summed E-state index contributed by atoms with van der Waals surface area (Å²) < 4.78 is 11.1. The summed E-state index contributed by atoms with van der Waals surface area (Å²) in [4.78, 5) is 10.8. The average Bonchev–Trinajstić information content (AvgIpc) is 2.54. The maximum atomic E-state index is 10.8. The molecule has 1 heterocycles. The zero-order valence-corrected chi connectivity index (χ0v) is 11.4. The molecule has 1 aliphatic rings. The van der Waals surface area contributed by atoms with Gasteiger partial charge < -0.3 is 0 Å². The van der Waals surface area contributed by atoms with E-state index >= 15 is 0 Å². The number of ether oxygens (including phenoxy) is 1. The van der Waals surface area contributed by atoms with Crippen molar-refractivity contribution in [2.45, 2.75) is 6.92 Å². The van der Waals surface area contributed by atoms with Crippen molar-refractivity contribution in [3.05, 3.63) is 35.9 Å². The fourth-order valence-corrected chi connectivity index (χ4v) is 5.36. The van der Waals surface area contributed by atoms with Crippen molar-refractivity contribution in [3.8, 4) is 11.5 Å². The predicted octanol–water partition coefficient (Wildman–Crippen LogP) is 3.04. The molecule has 4 heteroatoms. The molecule has 0 fully saturated rings. The van der Waals surface area contributed by atoms with Gasteiger partial charge in [0, 0.05) is 0 Å². The molecule has 94 valence electrons. The quantitative estimate of drug-likeness (QED) is 0.665. The number of hydrogen-bond acceptors (Lipinski definition) is 3. The van der Waals surface area contributed by atoms with Crippen LogP contribution in [0.4, 0.5) is 0 Å². The van der Waals surface area contributed by atoms with Crippen LogP contribution in [-0.4, -0.2) is 31.0 Å². The van der Waals surface area contributed by atoms with Gasteiger partial charge in [0.2, 0.25) is 0 Å². The number of rotatable bonds is 3. The van der Waals surface area contributed by atoms with E-state index in [4.69, 9.17) is 9.26 Å². The van der Waals surface area contributed by atoms with Crippen LogP contribution in [0.3, 0.4) is 0 Å². The molecule has 1 N–H and O–H groups in total. The number of allylic oxidation sites excluding steroid dienone is 2. The number of methoxy groups -OCH3 is 1. The maximum absolute atomic E-state index is 10.8. The number of benzene rings is 1. The second-order valence-electron chi connectivity index (χ2n) is 5.02. The van der Waals surface area contributed by atoms with Crippen LogP contribution < -0.4 is 9.26 Å². The van der Waals surface area contributed by atoms with E-state index in [2.05, 4.69) is 6.08 Å². The van der Waals surface area contributed by atoms with Gasteiger partial charge >= 0.3 is 102 Å². The first kappa shape index (κ1) is 12.4. The molecule has 1 aliphatic heterocycles. The third-order valence-electron chi connectivity index (χ3n) is 2.97. The Morgan fingerprint density at radius 1 is 1.29 bits per heavy atom. The van der Waals surface area contributed by atoms with Crippen molar-refractivity contribution in [3.63, 3.8) is 0 Å². The third-order valence-corrected chi connectivity index (χ3v) is 6.13. The second-order valence-corrected chi connectivity index (χ2v) is 9.61. The zero-order valence-electron chi connectivity index (χ0n) is 10.5. The molecular weight excluding hydrogens is 235 g/mol. The zero-order chi connectivity index (χ0) is 12.5. The molecular formula is C13H19O3P. The molecule has 2 rings (SSSR count). The molecule has 0 amide bonds. The Labute approximate surface area is 102 Å². The van der Waals surface area contributed by atoms with Crippen molar-refractivity contribution >= 4 is 7.06 Å². The van der Waals surface area contributed by atoms with E-state index in [9.17, 15) is 4.89 Å². The summed E-state index contributed by atoms with van der Waals surface area (Å²) >= 11 is 0. The molecule has 0 bridgehead atoms. The Morgan fingerprint density at radius 3 is 2.59 bits per heavy atom. The van der Waals surface area contributed by atoms with Gasteiger partial charge in [-0.2, -0.15) is 0 Å². The SMILES string of the molecule is COc1cccc(OP2(C)(O)CC=C(C)C2)c1. The fourth-order valence-electron chi connectivity index (χ4n) is 2.19. The number of hydrogen-bond donors (Lipinski definition) is 1. The molecule has 0 spiro atoms.